The lowest BCUT2D eigenvalue weighted by Gasteiger charge is -2.03. The molecule has 1 aliphatic rings. The molecule has 94 valence electrons. The summed E-state index contributed by atoms with van der Waals surface area (Å²) < 4.78 is 0. The van der Waals surface area contributed by atoms with Crippen LogP contribution in [0.4, 0.5) is 0 Å². The smallest absolute Gasteiger partial charge is 0.0300 e. The molecule has 2 aromatic heterocycles. The number of thiophene rings is 1. The van der Waals surface area contributed by atoms with Crippen molar-refractivity contribution in [1.29, 1.82) is 0 Å². The maximum absolute atomic E-state index is 4.03. The maximum Gasteiger partial charge on any atom is 0.0300 e. The quantitative estimate of drug-likeness (QED) is 0.834. The lowest BCUT2D eigenvalue weighted by atomic mass is 10.2. The first-order valence-corrected chi connectivity index (χ1v) is 7.43. The van der Waals surface area contributed by atoms with Crippen molar-refractivity contribution >= 4 is 11.3 Å². The highest BCUT2D eigenvalue weighted by Gasteiger charge is 2.14. The maximum atomic E-state index is 4.03. The van der Waals surface area contributed by atoms with E-state index in [9.17, 15) is 0 Å². The summed E-state index contributed by atoms with van der Waals surface area (Å²) in [5.41, 5.74) is 2.96. The highest BCUT2D eigenvalue weighted by atomic mass is 32.1. The molecule has 3 rings (SSSR count). The molecule has 0 atom stereocenters. The van der Waals surface area contributed by atoms with E-state index in [4.69, 9.17) is 0 Å². The van der Waals surface area contributed by atoms with Crippen LogP contribution in [0.15, 0.2) is 30.6 Å². The Morgan fingerprint density at radius 1 is 1.22 bits per heavy atom. The molecule has 1 N–H and O–H groups in total. The third kappa shape index (κ3) is 2.79. The van der Waals surface area contributed by atoms with E-state index in [0.717, 1.165) is 19.5 Å². The van der Waals surface area contributed by atoms with Crippen molar-refractivity contribution in [2.45, 2.75) is 32.2 Å². The lowest BCUT2D eigenvalue weighted by molar-refractivity contribution is 0.693. The number of nitrogens with zero attached hydrogens (tertiary/aromatic N) is 1. The van der Waals surface area contributed by atoms with E-state index in [1.165, 1.54) is 29.7 Å². The third-order valence-electron chi connectivity index (χ3n) is 3.44. The van der Waals surface area contributed by atoms with E-state index >= 15 is 0 Å². The number of hydrogen-bond acceptors (Lipinski definition) is 3. The Morgan fingerprint density at radius 2 is 2.11 bits per heavy atom. The number of rotatable bonds is 5. The Bertz CT molecular complexity index is 483. The van der Waals surface area contributed by atoms with Crippen molar-refractivity contribution in [2.75, 3.05) is 6.54 Å². The fraction of sp³-hybridized carbons (Fsp3) is 0.400. The van der Waals surface area contributed by atoms with Crippen LogP contribution in [-0.2, 0) is 25.8 Å². The number of aromatic nitrogens is 1. The van der Waals surface area contributed by atoms with E-state index in [0.29, 0.717) is 0 Å². The van der Waals surface area contributed by atoms with Crippen molar-refractivity contribution in [1.82, 2.24) is 10.3 Å². The minimum absolute atomic E-state index is 1.02. The predicted octanol–water partition coefficient (Wildman–Crippen LogP) is 2.96. The summed E-state index contributed by atoms with van der Waals surface area (Å²) in [6.07, 6.45) is 8.75. The topological polar surface area (TPSA) is 24.9 Å². The molecule has 0 spiro atoms. The largest absolute Gasteiger partial charge is 0.312 e. The van der Waals surface area contributed by atoms with Gasteiger partial charge in [-0.3, -0.25) is 4.98 Å². The van der Waals surface area contributed by atoms with Gasteiger partial charge in [-0.2, -0.15) is 0 Å². The highest BCUT2D eigenvalue weighted by molar-refractivity contribution is 7.12. The second-order valence-corrected chi connectivity index (χ2v) is 6.02. The first-order valence-electron chi connectivity index (χ1n) is 6.62. The minimum atomic E-state index is 1.02. The summed E-state index contributed by atoms with van der Waals surface area (Å²) >= 11 is 2.00. The average Bonchev–Trinajstić information content (AvgIpc) is 2.96. The van der Waals surface area contributed by atoms with Crippen LogP contribution >= 0.6 is 11.3 Å². The van der Waals surface area contributed by atoms with Gasteiger partial charge in [-0.1, -0.05) is 0 Å². The lowest BCUT2D eigenvalue weighted by Crippen LogP contribution is -2.15. The molecule has 0 amide bonds. The first kappa shape index (κ1) is 11.9. The summed E-state index contributed by atoms with van der Waals surface area (Å²) in [5, 5.41) is 3.53. The normalized spacial score (nSPS) is 13.8. The van der Waals surface area contributed by atoms with Crippen LogP contribution < -0.4 is 5.32 Å². The Morgan fingerprint density at radius 3 is 2.94 bits per heavy atom. The van der Waals surface area contributed by atoms with Gasteiger partial charge in [-0.25, -0.2) is 0 Å². The van der Waals surface area contributed by atoms with Gasteiger partial charge in [-0.05, 0) is 61.6 Å². The van der Waals surface area contributed by atoms with Crippen molar-refractivity contribution in [3.63, 3.8) is 0 Å². The molecule has 0 radical (unpaired) electrons. The zero-order valence-corrected chi connectivity index (χ0v) is 11.3. The summed E-state index contributed by atoms with van der Waals surface area (Å²) in [6, 6.07) is 6.56. The van der Waals surface area contributed by atoms with Crippen LogP contribution in [0.5, 0.6) is 0 Å². The van der Waals surface area contributed by atoms with Crippen molar-refractivity contribution in [3.05, 3.63) is 51.5 Å². The van der Waals surface area contributed by atoms with Crippen LogP contribution in [0.2, 0.25) is 0 Å². The van der Waals surface area contributed by atoms with E-state index in [1.807, 2.05) is 23.7 Å². The number of aryl methyl sites for hydroxylation is 2. The van der Waals surface area contributed by atoms with Crippen molar-refractivity contribution < 1.29 is 0 Å². The standard InChI is InChI=1S/C15H18N2S/c1-2-13-10-14(18-15(13)3-1)11-17-9-6-12-4-7-16-8-5-12/h4-5,7-8,10,17H,1-3,6,9,11H2. The predicted molar refractivity (Wildman–Crippen MR) is 76.0 cm³/mol. The summed E-state index contributed by atoms with van der Waals surface area (Å²) in [5.74, 6) is 0. The van der Waals surface area contributed by atoms with Crippen LogP contribution in [0.1, 0.15) is 27.3 Å². The van der Waals surface area contributed by atoms with Gasteiger partial charge in [0.1, 0.15) is 0 Å². The second kappa shape index (κ2) is 5.63. The summed E-state index contributed by atoms with van der Waals surface area (Å²) in [7, 11) is 0. The molecule has 0 unspecified atom stereocenters. The van der Waals surface area contributed by atoms with Crippen LogP contribution in [-0.4, -0.2) is 11.5 Å². The summed E-state index contributed by atoms with van der Waals surface area (Å²) in [6.45, 7) is 2.05. The molecule has 2 nitrogen and oxygen atoms in total. The number of hydrogen-bond donors (Lipinski definition) is 1. The Hall–Kier alpha value is -1.19. The van der Waals surface area contributed by atoms with E-state index in [1.54, 1.807) is 10.4 Å². The number of nitrogens with one attached hydrogen (secondary N) is 1. The molecule has 0 bridgehead atoms. The minimum Gasteiger partial charge on any atom is -0.312 e. The van der Waals surface area contributed by atoms with Crippen LogP contribution in [0.3, 0.4) is 0 Å². The van der Waals surface area contributed by atoms with Gasteiger partial charge >= 0.3 is 0 Å². The summed E-state index contributed by atoms with van der Waals surface area (Å²) in [4.78, 5) is 7.15. The van der Waals surface area contributed by atoms with Crippen molar-refractivity contribution in [2.24, 2.45) is 0 Å². The fourth-order valence-electron chi connectivity index (χ4n) is 2.47. The molecule has 0 aliphatic heterocycles. The van der Waals surface area contributed by atoms with Gasteiger partial charge in [0.2, 0.25) is 0 Å². The van der Waals surface area contributed by atoms with Crippen LogP contribution in [0, 0.1) is 0 Å². The highest BCUT2D eigenvalue weighted by Crippen LogP contribution is 2.30. The monoisotopic (exact) mass is 258 g/mol. The molecule has 0 aromatic carbocycles. The van der Waals surface area contributed by atoms with Crippen LogP contribution in [0.25, 0.3) is 0 Å². The van der Waals surface area contributed by atoms with Gasteiger partial charge in [-0.15, -0.1) is 11.3 Å². The molecule has 0 fully saturated rings. The molecule has 2 aromatic rings. The van der Waals surface area contributed by atoms with Crippen molar-refractivity contribution in [3.8, 4) is 0 Å². The SMILES string of the molecule is c1cc(CCNCc2cc3c(s2)CCC3)ccn1. The molecule has 2 heterocycles. The molecule has 3 heteroatoms. The zero-order chi connectivity index (χ0) is 12.2. The Kier molecular flexibility index (Phi) is 3.72. The Labute approximate surface area is 112 Å². The molecule has 0 saturated heterocycles. The van der Waals surface area contributed by atoms with E-state index in [2.05, 4.69) is 28.5 Å². The average molecular weight is 258 g/mol. The molecular formula is C15H18N2S. The second-order valence-electron chi connectivity index (χ2n) is 4.80. The fourth-order valence-corrected chi connectivity index (χ4v) is 3.70. The third-order valence-corrected chi connectivity index (χ3v) is 4.67. The van der Waals surface area contributed by atoms with E-state index < -0.39 is 0 Å². The molecule has 0 saturated carbocycles. The number of pyridine rings is 1. The van der Waals surface area contributed by atoms with E-state index in [-0.39, 0.29) is 0 Å². The van der Waals surface area contributed by atoms with Gasteiger partial charge in [0.25, 0.3) is 0 Å². The molecule has 18 heavy (non-hydrogen) atoms. The van der Waals surface area contributed by atoms with Gasteiger partial charge in [0.05, 0.1) is 0 Å². The zero-order valence-electron chi connectivity index (χ0n) is 10.5. The van der Waals surface area contributed by atoms with Gasteiger partial charge < -0.3 is 5.32 Å². The molecular weight excluding hydrogens is 240 g/mol. The first-order chi connectivity index (χ1) is 8.92. The van der Waals surface area contributed by atoms with Gasteiger partial charge in [0.15, 0.2) is 0 Å². The molecule has 1 aliphatic carbocycles. The Balaban J connectivity index is 1.44. The number of fused-ring (bicyclic) bond motifs is 1. The van der Waals surface area contributed by atoms with Gasteiger partial charge in [0, 0.05) is 28.7 Å².